The third-order valence-corrected chi connectivity index (χ3v) is 5.94. The standard InChI is InChI=1S/C19H17N3O4S/c1-9-2-3-13-14(4-9)27-17-15(13)16(20-8-21-17)22-12-6-10(18(23)24)5-11(7-12)19(25)26/h5-9H,2-4H2,1H3,(H,23,24)(H,25,26)(H,20,21,22). The number of carboxylic acids is 2. The highest BCUT2D eigenvalue weighted by atomic mass is 32.1. The number of nitrogens with one attached hydrogen (secondary N) is 1. The number of fused-ring (bicyclic) bond motifs is 3. The molecular weight excluding hydrogens is 366 g/mol. The number of hydrogen-bond donors (Lipinski definition) is 3. The summed E-state index contributed by atoms with van der Waals surface area (Å²) < 4.78 is 0. The molecule has 0 aliphatic heterocycles. The largest absolute Gasteiger partial charge is 0.478 e. The van der Waals surface area contributed by atoms with Crippen molar-refractivity contribution >= 4 is 45.0 Å². The Bertz CT molecular complexity index is 1040. The minimum absolute atomic E-state index is 0.0936. The average Bonchev–Trinajstić information content (AvgIpc) is 2.99. The fourth-order valence-corrected chi connectivity index (χ4v) is 4.80. The topological polar surface area (TPSA) is 112 Å². The van der Waals surface area contributed by atoms with Crippen LogP contribution in [-0.4, -0.2) is 32.1 Å². The van der Waals surface area contributed by atoms with Crippen molar-refractivity contribution in [3.8, 4) is 0 Å². The molecule has 7 nitrogen and oxygen atoms in total. The Morgan fingerprint density at radius 1 is 1.15 bits per heavy atom. The molecule has 3 N–H and O–H groups in total. The maximum Gasteiger partial charge on any atom is 0.335 e. The Labute approximate surface area is 158 Å². The Balaban J connectivity index is 1.80. The monoisotopic (exact) mass is 383 g/mol. The van der Waals surface area contributed by atoms with Crippen molar-refractivity contribution in [1.29, 1.82) is 0 Å². The number of aromatic nitrogens is 2. The van der Waals surface area contributed by atoms with Gasteiger partial charge in [0.05, 0.1) is 16.5 Å². The highest BCUT2D eigenvalue weighted by Crippen LogP contribution is 2.40. The molecule has 1 atom stereocenters. The van der Waals surface area contributed by atoms with Crippen LogP contribution < -0.4 is 5.32 Å². The van der Waals surface area contributed by atoms with Gasteiger partial charge in [-0.25, -0.2) is 19.6 Å². The average molecular weight is 383 g/mol. The summed E-state index contributed by atoms with van der Waals surface area (Å²) in [5.41, 5.74) is 1.42. The van der Waals surface area contributed by atoms with Crippen molar-refractivity contribution in [3.63, 3.8) is 0 Å². The van der Waals surface area contributed by atoms with Crippen LogP contribution in [0.25, 0.3) is 10.2 Å². The van der Waals surface area contributed by atoms with Crippen LogP contribution in [-0.2, 0) is 12.8 Å². The minimum Gasteiger partial charge on any atom is -0.478 e. The van der Waals surface area contributed by atoms with E-state index in [1.54, 1.807) is 11.3 Å². The predicted octanol–water partition coefficient (Wildman–Crippen LogP) is 3.96. The number of carboxylic acid groups (broad SMARTS) is 2. The molecule has 0 spiro atoms. The first-order valence-corrected chi connectivity index (χ1v) is 9.38. The SMILES string of the molecule is CC1CCc2c(sc3ncnc(Nc4cc(C(=O)O)cc(C(=O)O)c4)c23)C1. The van der Waals surface area contributed by atoms with E-state index in [1.807, 2.05) is 0 Å². The first-order valence-electron chi connectivity index (χ1n) is 8.56. The van der Waals surface area contributed by atoms with Crippen LogP contribution >= 0.6 is 11.3 Å². The van der Waals surface area contributed by atoms with Gasteiger partial charge in [-0.2, -0.15) is 0 Å². The Kier molecular flexibility index (Phi) is 4.27. The maximum atomic E-state index is 11.3. The van der Waals surface area contributed by atoms with Crippen LogP contribution in [0.4, 0.5) is 11.5 Å². The van der Waals surface area contributed by atoms with Crippen LogP contribution in [0.15, 0.2) is 24.5 Å². The second-order valence-corrected chi connectivity index (χ2v) is 7.87. The van der Waals surface area contributed by atoms with Gasteiger partial charge in [-0.1, -0.05) is 6.92 Å². The zero-order valence-corrected chi connectivity index (χ0v) is 15.3. The van der Waals surface area contributed by atoms with Gasteiger partial charge < -0.3 is 15.5 Å². The summed E-state index contributed by atoms with van der Waals surface area (Å²) in [6, 6.07) is 3.95. The number of hydrogen-bond acceptors (Lipinski definition) is 6. The second-order valence-electron chi connectivity index (χ2n) is 6.79. The molecule has 3 aromatic rings. The van der Waals surface area contributed by atoms with E-state index >= 15 is 0 Å². The fourth-order valence-electron chi connectivity index (χ4n) is 3.45. The Hall–Kier alpha value is -3.00. The molecular formula is C19H17N3O4S. The van der Waals surface area contributed by atoms with E-state index in [1.165, 1.54) is 28.9 Å². The van der Waals surface area contributed by atoms with Gasteiger partial charge >= 0.3 is 11.9 Å². The second kappa shape index (κ2) is 6.62. The summed E-state index contributed by atoms with van der Waals surface area (Å²) in [5.74, 6) is -1.15. The third-order valence-electron chi connectivity index (χ3n) is 4.78. The van der Waals surface area contributed by atoms with E-state index in [4.69, 9.17) is 0 Å². The first-order chi connectivity index (χ1) is 12.9. The number of thiophene rings is 1. The molecule has 2 heterocycles. The molecule has 8 heteroatoms. The summed E-state index contributed by atoms with van der Waals surface area (Å²) in [6.45, 7) is 2.24. The van der Waals surface area contributed by atoms with Gasteiger partial charge in [0.1, 0.15) is 17.0 Å². The number of aromatic carboxylic acids is 2. The van der Waals surface area contributed by atoms with Crippen molar-refractivity contribution in [2.24, 2.45) is 5.92 Å². The lowest BCUT2D eigenvalue weighted by Gasteiger charge is -2.18. The Morgan fingerprint density at radius 2 is 1.85 bits per heavy atom. The summed E-state index contributed by atoms with van der Waals surface area (Å²) in [6.07, 6.45) is 4.54. The van der Waals surface area contributed by atoms with Crippen LogP contribution in [0.1, 0.15) is 44.5 Å². The van der Waals surface area contributed by atoms with Crippen LogP contribution in [0.5, 0.6) is 0 Å². The number of rotatable bonds is 4. The molecule has 1 aliphatic rings. The first kappa shape index (κ1) is 17.4. The molecule has 0 saturated carbocycles. The third kappa shape index (κ3) is 3.23. The summed E-state index contributed by atoms with van der Waals surface area (Å²) in [5, 5.41) is 22.6. The summed E-state index contributed by atoms with van der Waals surface area (Å²) >= 11 is 1.66. The highest BCUT2D eigenvalue weighted by Gasteiger charge is 2.23. The quantitative estimate of drug-likeness (QED) is 0.625. The van der Waals surface area contributed by atoms with E-state index in [9.17, 15) is 19.8 Å². The normalized spacial score (nSPS) is 16.1. The molecule has 1 aromatic carbocycles. The zero-order valence-electron chi connectivity index (χ0n) is 14.5. The Morgan fingerprint density at radius 3 is 2.52 bits per heavy atom. The van der Waals surface area contributed by atoms with Crippen LogP contribution in [0.3, 0.4) is 0 Å². The molecule has 1 aliphatic carbocycles. The van der Waals surface area contributed by atoms with Gasteiger partial charge in [-0.3, -0.25) is 0 Å². The summed E-state index contributed by atoms with van der Waals surface area (Å²) in [7, 11) is 0. The van der Waals surface area contributed by atoms with Gasteiger partial charge in [-0.05, 0) is 48.9 Å². The molecule has 0 radical (unpaired) electrons. The lowest BCUT2D eigenvalue weighted by atomic mass is 9.89. The number of anilines is 2. The molecule has 2 aromatic heterocycles. The van der Waals surface area contributed by atoms with Crippen molar-refractivity contribution in [2.45, 2.75) is 26.2 Å². The molecule has 138 valence electrons. The number of carbonyl (C=O) groups is 2. The molecule has 0 amide bonds. The van der Waals surface area contributed by atoms with Gasteiger partial charge in [-0.15, -0.1) is 11.3 Å². The molecule has 27 heavy (non-hydrogen) atoms. The lowest BCUT2D eigenvalue weighted by molar-refractivity contribution is 0.0696. The maximum absolute atomic E-state index is 11.3. The molecule has 1 unspecified atom stereocenters. The van der Waals surface area contributed by atoms with E-state index < -0.39 is 11.9 Å². The smallest absolute Gasteiger partial charge is 0.335 e. The number of aryl methyl sites for hydroxylation is 1. The van der Waals surface area contributed by atoms with Gasteiger partial charge in [0.15, 0.2) is 0 Å². The van der Waals surface area contributed by atoms with Crippen molar-refractivity contribution < 1.29 is 19.8 Å². The molecule has 0 fully saturated rings. The van der Waals surface area contributed by atoms with Gasteiger partial charge in [0.25, 0.3) is 0 Å². The van der Waals surface area contributed by atoms with Crippen molar-refractivity contribution in [2.75, 3.05) is 5.32 Å². The summed E-state index contributed by atoms with van der Waals surface area (Å²) in [4.78, 5) is 33.6. The highest BCUT2D eigenvalue weighted by molar-refractivity contribution is 7.19. The van der Waals surface area contributed by atoms with E-state index in [2.05, 4.69) is 22.2 Å². The van der Waals surface area contributed by atoms with E-state index in [-0.39, 0.29) is 11.1 Å². The van der Waals surface area contributed by atoms with Gasteiger partial charge in [0, 0.05) is 10.6 Å². The van der Waals surface area contributed by atoms with E-state index in [0.717, 1.165) is 35.5 Å². The van der Waals surface area contributed by atoms with E-state index in [0.29, 0.717) is 17.4 Å². The van der Waals surface area contributed by atoms with Crippen LogP contribution in [0.2, 0.25) is 0 Å². The van der Waals surface area contributed by atoms with Crippen molar-refractivity contribution in [3.05, 3.63) is 46.1 Å². The number of nitrogens with zero attached hydrogens (tertiary/aromatic N) is 2. The number of benzene rings is 1. The van der Waals surface area contributed by atoms with Crippen molar-refractivity contribution in [1.82, 2.24) is 9.97 Å². The van der Waals surface area contributed by atoms with Crippen LogP contribution in [0, 0.1) is 5.92 Å². The van der Waals surface area contributed by atoms with Gasteiger partial charge in [0.2, 0.25) is 0 Å². The predicted molar refractivity (Wildman–Crippen MR) is 102 cm³/mol. The molecule has 0 saturated heterocycles. The zero-order chi connectivity index (χ0) is 19.1. The fraction of sp³-hybridized carbons (Fsp3) is 0.263. The molecule has 4 rings (SSSR count). The molecule has 0 bridgehead atoms. The lowest BCUT2D eigenvalue weighted by Crippen LogP contribution is -2.09. The minimum atomic E-state index is -1.18.